The second-order valence-electron chi connectivity index (χ2n) is 10.0. The highest BCUT2D eigenvalue weighted by atomic mass is 35.5. The van der Waals surface area contributed by atoms with Crippen molar-refractivity contribution in [3.8, 4) is 0 Å². The standard InChI is InChI=1S/C25H32ClN9O3/c1-13(36)22(27)25(38)32-16-6-4-15(5-7-16)31-21-11-18(30-14-2-3-14)23-29-12-19(35(23)34-21)24(37)33-17-8-9-28-20(26)10-17/h8-16,22,30,36H,2-7,27H2,1H3,(H,31,34)(H,32,38)(H,28,33,37)/t13-,15?,16?,22+/m1/s1. The molecular weight excluding hydrogens is 510 g/mol. The van der Waals surface area contributed by atoms with Gasteiger partial charge in [-0.1, -0.05) is 11.6 Å². The molecule has 3 heterocycles. The molecule has 0 aromatic carbocycles. The molecule has 0 spiro atoms. The van der Waals surface area contributed by atoms with E-state index in [0.29, 0.717) is 23.2 Å². The van der Waals surface area contributed by atoms with Gasteiger partial charge in [0.1, 0.15) is 17.0 Å². The van der Waals surface area contributed by atoms with Gasteiger partial charge in [-0.2, -0.15) is 0 Å². The molecule has 2 aliphatic rings. The van der Waals surface area contributed by atoms with E-state index in [1.54, 1.807) is 16.6 Å². The zero-order chi connectivity index (χ0) is 26.8. The van der Waals surface area contributed by atoms with Crippen molar-refractivity contribution in [1.82, 2.24) is 24.9 Å². The highest BCUT2D eigenvalue weighted by Crippen LogP contribution is 2.30. The average Bonchev–Trinajstić information content (AvgIpc) is 3.59. The van der Waals surface area contributed by atoms with Crippen LogP contribution in [0.1, 0.15) is 55.9 Å². The van der Waals surface area contributed by atoms with Crippen LogP contribution in [0.2, 0.25) is 5.15 Å². The van der Waals surface area contributed by atoms with Crippen molar-refractivity contribution in [2.45, 2.75) is 75.7 Å². The molecule has 13 heteroatoms. The number of nitrogens with zero attached hydrogens (tertiary/aromatic N) is 4. The lowest BCUT2D eigenvalue weighted by atomic mass is 9.91. The van der Waals surface area contributed by atoms with Gasteiger partial charge in [-0.25, -0.2) is 14.5 Å². The van der Waals surface area contributed by atoms with Crippen LogP contribution in [0.3, 0.4) is 0 Å². The first-order valence-electron chi connectivity index (χ1n) is 12.9. The minimum Gasteiger partial charge on any atom is -0.391 e. The fourth-order valence-electron chi connectivity index (χ4n) is 4.53. The van der Waals surface area contributed by atoms with E-state index in [-0.39, 0.29) is 34.7 Å². The summed E-state index contributed by atoms with van der Waals surface area (Å²) in [6.45, 7) is 1.51. The zero-order valence-electron chi connectivity index (χ0n) is 21.0. The first kappa shape index (κ1) is 26.1. The first-order chi connectivity index (χ1) is 18.3. The highest BCUT2D eigenvalue weighted by molar-refractivity contribution is 6.29. The van der Waals surface area contributed by atoms with Gasteiger partial charge in [-0.15, -0.1) is 5.10 Å². The van der Waals surface area contributed by atoms with Crippen LogP contribution in [-0.4, -0.2) is 66.8 Å². The highest BCUT2D eigenvalue weighted by Gasteiger charge is 2.28. The van der Waals surface area contributed by atoms with Crippen LogP contribution in [0.25, 0.3) is 5.65 Å². The predicted octanol–water partition coefficient (Wildman–Crippen LogP) is 2.15. The Kier molecular flexibility index (Phi) is 7.63. The van der Waals surface area contributed by atoms with Crippen molar-refractivity contribution in [3.63, 3.8) is 0 Å². The number of nitrogens with two attached hydrogens (primary N) is 1. The van der Waals surface area contributed by atoms with E-state index in [2.05, 4.69) is 31.2 Å². The second-order valence-corrected chi connectivity index (χ2v) is 10.4. The summed E-state index contributed by atoms with van der Waals surface area (Å²) in [7, 11) is 0. The van der Waals surface area contributed by atoms with Crippen molar-refractivity contribution >= 4 is 46.3 Å². The van der Waals surface area contributed by atoms with Crippen LogP contribution in [0.4, 0.5) is 17.2 Å². The van der Waals surface area contributed by atoms with Crippen LogP contribution in [0.15, 0.2) is 30.6 Å². The number of aliphatic hydroxyl groups is 1. The molecule has 38 heavy (non-hydrogen) atoms. The Bertz CT molecular complexity index is 1320. The summed E-state index contributed by atoms with van der Waals surface area (Å²) in [4.78, 5) is 33.7. The van der Waals surface area contributed by atoms with Crippen molar-refractivity contribution in [1.29, 1.82) is 0 Å². The molecule has 2 atom stereocenters. The van der Waals surface area contributed by atoms with Crippen LogP contribution < -0.4 is 27.0 Å². The minimum atomic E-state index is -0.934. The van der Waals surface area contributed by atoms with Crippen molar-refractivity contribution in [3.05, 3.63) is 41.4 Å². The normalized spacial score (nSPS) is 20.9. The lowest BCUT2D eigenvalue weighted by Crippen LogP contribution is -2.51. The third-order valence-electron chi connectivity index (χ3n) is 6.87. The molecule has 3 aromatic heterocycles. The molecule has 2 aliphatic carbocycles. The number of pyridine rings is 1. The summed E-state index contributed by atoms with van der Waals surface area (Å²) in [6.07, 6.45) is 7.49. The van der Waals surface area contributed by atoms with Crippen molar-refractivity contribution in [2.75, 3.05) is 16.0 Å². The Morgan fingerprint density at radius 3 is 2.45 bits per heavy atom. The van der Waals surface area contributed by atoms with Gasteiger partial charge >= 0.3 is 0 Å². The van der Waals surface area contributed by atoms with Crippen LogP contribution in [0, 0.1) is 0 Å². The predicted molar refractivity (Wildman–Crippen MR) is 144 cm³/mol. The molecule has 2 fully saturated rings. The largest absolute Gasteiger partial charge is 0.391 e. The number of aromatic nitrogens is 4. The van der Waals surface area contributed by atoms with Crippen LogP contribution in [0.5, 0.6) is 0 Å². The van der Waals surface area contributed by atoms with Crippen molar-refractivity contribution in [2.24, 2.45) is 5.73 Å². The molecule has 5 rings (SSSR count). The van der Waals surface area contributed by atoms with Crippen molar-refractivity contribution < 1.29 is 14.7 Å². The molecule has 2 saturated carbocycles. The van der Waals surface area contributed by atoms with Gasteiger partial charge in [-0.05, 0) is 57.6 Å². The first-order valence-corrected chi connectivity index (χ1v) is 13.2. The third kappa shape index (κ3) is 6.14. The van der Waals surface area contributed by atoms with E-state index in [4.69, 9.17) is 22.4 Å². The van der Waals surface area contributed by atoms with E-state index in [0.717, 1.165) is 44.2 Å². The molecule has 0 saturated heterocycles. The maximum absolute atomic E-state index is 13.1. The summed E-state index contributed by atoms with van der Waals surface area (Å²) in [6, 6.07) is 4.76. The molecule has 0 unspecified atom stereocenters. The second kappa shape index (κ2) is 11.1. The number of anilines is 3. The summed E-state index contributed by atoms with van der Waals surface area (Å²) in [5, 5.41) is 27.3. The number of hydrogen-bond acceptors (Lipinski definition) is 9. The Hall–Kier alpha value is -3.48. The van der Waals surface area contributed by atoms with E-state index in [1.807, 2.05) is 6.07 Å². The molecule has 2 amide bonds. The number of nitrogens with one attached hydrogen (secondary N) is 4. The Morgan fingerprint density at radius 1 is 1.08 bits per heavy atom. The number of fused-ring (bicyclic) bond motifs is 1. The lowest BCUT2D eigenvalue weighted by molar-refractivity contribution is -0.125. The van der Waals surface area contributed by atoms with Gasteiger partial charge in [0.25, 0.3) is 5.91 Å². The van der Waals surface area contributed by atoms with Gasteiger partial charge in [0, 0.05) is 36.1 Å². The fourth-order valence-corrected chi connectivity index (χ4v) is 4.70. The van der Waals surface area contributed by atoms with Crippen LogP contribution in [-0.2, 0) is 4.79 Å². The smallest absolute Gasteiger partial charge is 0.276 e. The molecule has 12 nitrogen and oxygen atoms in total. The minimum absolute atomic E-state index is 0.0125. The summed E-state index contributed by atoms with van der Waals surface area (Å²) in [5.74, 6) is -0.0732. The fraction of sp³-hybridized carbons (Fsp3) is 0.480. The number of carbonyl (C=O) groups is 2. The number of hydrogen-bond donors (Lipinski definition) is 6. The molecule has 202 valence electrons. The van der Waals surface area contributed by atoms with E-state index in [9.17, 15) is 14.7 Å². The Morgan fingerprint density at radius 2 is 1.76 bits per heavy atom. The van der Waals surface area contributed by atoms with Gasteiger partial charge in [0.15, 0.2) is 11.3 Å². The molecule has 0 bridgehead atoms. The molecule has 0 radical (unpaired) electrons. The number of amides is 2. The number of carbonyl (C=O) groups excluding carboxylic acids is 2. The SMILES string of the molecule is C[C@@H](O)[C@H](N)C(=O)NC1CCC(Nc2cc(NC3CC3)c3ncc(C(=O)Nc4ccnc(Cl)c4)n3n2)CC1. The average molecular weight is 542 g/mol. The number of imidazole rings is 1. The maximum atomic E-state index is 13.1. The zero-order valence-corrected chi connectivity index (χ0v) is 21.8. The van der Waals surface area contributed by atoms with Gasteiger partial charge in [0.2, 0.25) is 5.91 Å². The summed E-state index contributed by atoms with van der Waals surface area (Å²) < 4.78 is 1.55. The maximum Gasteiger partial charge on any atom is 0.276 e. The lowest BCUT2D eigenvalue weighted by Gasteiger charge is -2.31. The molecule has 7 N–H and O–H groups in total. The van der Waals surface area contributed by atoms with Gasteiger partial charge in [0.05, 0.1) is 18.0 Å². The van der Waals surface area contributed by atoms with Gasteiger partial charge in [-0.3, -0.25) is 9.59 Å². The Balaban J connectivity index is 1.30. The molecule has 0 aliphatic heterocycles. The molecular formula is C25H32ClN9O3. The van der Waals surface area contributed by atoms with Gasteiger partial charge < -0.3 is 32.1 Å². The van der Waals surface area contributed by atoms with E-state index >= 15 is 0 Å². The number of rotatable bonds is 9. The summed E-state index contributed by atoms with van der Waals surface area (Å²) >= 11 is 5.95. The van der Waals surface area contributed by atoms with Crippen LogP contribution >= 0.6 is 11.6 Å². The topological polar surface area (TPSA) is 172 Å². The number of aliphatic hydroxyl groups excluding tert-OH is 1. The summed E-state index contributed by atoms with van der Waals surface area (Å²) in [5.41, 5.74) is 7.94. The van der Waals surface area contributed by atoms with E-state index < -0.39 is 12.1 Å². The third-order valence-corrected chi connectivity index (χ3v) is 7.08. The monoisotopic (exact) mass is 541 g/mol. The van der Waals surface area contributed by atoms with E-state index in [1.165, 1.54) is 19.3 Å². The number of halogens is 1. The quantitative estimate of drug-likeness (QED) is 0.222. The molecule has 3 aromatic rings. The Labute approximate surface area is 224 Å².